The number of aromatic hydroxyl groups is 1. The Hall–Kier alpha value is -3.42. The summed E-state index contributed by atoms with van der Waals surface area (Å²) in [4.78, 5) is 11.9. The highest BCUT2D eigenvalue weighted by molar-refractivity contribution is 5.84. The van der Waals surface area contributed by atoms with Crippen LogP contribution in [0.5, 0.6) is 23.0 Å². The van der Waals surface area contributed by atoms with Crippen molar-refractivity contribution >= 4 is 17.8 Å². The molecule has 1 heterocycles. The van der Waals surface area contributed by atoms with Crippen molar-refractivity contribution in [3.8, 4) is 23.0 Å². The molecule has 0 radical (unpaired) electrons. The molecule has 0 saturated carbocycles. The number of nitrogens with one attached hydrogen (secondary N) is 2. The maximum Gasteiger partial charge on any atom is 0.259 e. The van der Waals surface area contributed by atoms with Crippen molar-refractivity contribution in [3.63, 3.8) is 0 Å². The van der Waals surface area contributed by atoms with Crippen LogP contribution >= 0.6 is 0 Å². The van der Waals surface area contributed by atoms with Gasteiger partial charge >= 0.3 is 0 Å². The minimum atomic E-state index is -0.303. The van der Waals surface area contributed by atoms with Gasteiger partial charge in [0.2, 0.25) is 6.79 Å². The molecule has 1 amide bonds. The zero-order valence-corrected chi connectivity index (χ0v) is 14.2. The predicted molar refractivity (Wildman–Crippen MR) is 96.1 cm³/mol. The number of benzene rings is 2. The van der Waals surface area contributed by atoms with E-state index in [0.29, 0.717) is 29.4 Å². The first-order chi connectivity index (χ1) is 12.7. The van der Waals surface area contributed by atoms with E-state index in [1.54, 1.807) is 30.3 Å². The lowest BCUT2D eigenvalue weighted by Crippen LogP contribution is -2.25. The Labute approximate surface area is 150 Å². The summed E-state index contributed by atoms with van der Waals surface area (Å²) in [6, 6.07) is 10.2. The molecule has 0 saturated heterocycles. The molecule has 8 nitrogen and oxygen atoms in total. The second-order valence-electron chi connectivity index (χ2n) is 5.37. The number of amides is 1. The summed E-state index contributed by atoms with van der Waals surface area (Å²) >= 11 is 0. The van der Waals surface area contributed by atoms with E-state index in [0.717, 1.165) is 5.69 Å². The van der Waals surface area contributed by atoms with Gasteiger partial charge in [-0.25, -0.2) is 5.43 Å². The molecule has 8 heteroatoms. The third-order valence-electron chi connectivity index (χ3n) is 3.51. The minimum absolute atomic E-state index is 0.0523. The molecule has 1 aliphatic rings. The minimum Gasteiger partial charge on any atom is -0.504 e. The standard InChI is InChI=1S/C18H19N3O5/c1-2-24-16-7-12(3-5-14(16)22)9-20-21-18(23)10-19-13-4-6-15-17(8-13)26-11-25-15/h3-9,19,22H,2,10-11H2,1H3,(H,21,23). The number of fused-ring (bicyclic) bond motifs is 1. The van der Waals surface area contributed by atoms with Crippen LogP contribution < -0.4 is 25.0 Å². The summed E-state index contributed by atoms with van der Waals surface area (Å²) in [5, 5.41) is 16.5. The fourth-order valence-corrected chi connectivity index (χ4v) is 2.29. The van der Waals surface area contributed by atoms with Gasteiger partial charge in [0, 0.05) is 11.8 Å². The molecular weight excluding hydrogens is 338 g/mol. The summed E-state index contributed by atoms with van der Waals surface area (Å²) in [7, 11) is 0. The van der Waals surface area contributed by atoms with Crippen LogP contribution in [0.3, 0.4) is 0 Å². The van der Waals surface area contributed by atoms with Crippen molar-refractivity contribution in [2.45, 2.75) is 6.92 Å². The van der Waals surface area contributed by atoms with Crippen molar-refractivity contribution in [1.29, 1.82) is 0 Å². The highest BCUT2D eigenvalue weighted by atomic mass is 16.7. The summed E-state index contributed by atoms with van der Waals surface area (Å²) in [6.07, 6.45) is 1.47. The van der Waals surface area contributed by atoms with Crippen molar-refractivity contribution in [3.05, 3.63) is 42.0 Å². The van der Waals surface area contributed by atoms with E-state index in [1.165, 1.54) is 12.3 Å². The molecule has 0 aromatic heterocycles. The SMILES string of the molecule is CCOc1cc(C=NNC(=O)CNc2ccc3c(c2)OCO3)ccc1O. The van der Waals surface area contributed by atoms with Gasteiger partial charge in [-0.1, -0.05) is 0 Å². The van der Waals surface area contributed by atoms with Crippen LogP contribution in [-0.4, -0.2) is 37.2 Å². The third kappa shape index (κ3) is 4.35. The quantitative estimate of drug-likeness (QED) is 0.518. The Kier molecular flexibility index (Phi) is 5.43. The first-order valence-corrected chi connectivity index (χ1v) is 8.07. The van der Waals surface area contributed by atoms with Gasteiger partial charge in [0.1, 0.15) is 0 Å². The fraction of sp³-hybridized carbons (Fsp3) is 0.222. The number of rotatable bonds is 7. The van der Waals surface area contributed by atoms with Crippen molar-refractivity contribution in [2.24, 2.45) is 5.10 Å². The fourth-order valence-electron chi connectivity index (χ4n) is 2.29. The average molecular weight is 357 g/mol. The third-order valence-corrected chi connectivity index (χ3v) is 3.51. The van der Waals surface area contributed by atoms with Crippen LogP contribution in [0.1, 0.15) is 12.5 Å². The summed E-state index contributed by atoms with van der Waals surface area (Å²) in [6.45, 7) is 2.52. The number of phenols is 1. The largest absolute Gasteiger partial charge is 0.504 e. The molecule has 0 atom stereocenters. The van der Waals surface area contributed by atoms with Crippen LogP contribution in [0.2, 0.25) is 0 Å². The topological polar surface area (TPSA) is 101 Å². The summed E-state index contributed by atoms with van der Waals surface area (Å²) in [5.74, 6) is 1.45. The van der Waals surface area contributed by atoms with Crippen LogP contribution in [0.4, 0.5) is 5.69 Å². The Bertz CT molecular complexity index is 822. The molecule has 3 rings (SSSR count). The lowest BCUT2D eigenvalue weighted by atomic mass is 10.2. The van der Waals surface area contributed by atoms with Crippen molar-refractivity contribution < 1.29 is 24.1 Å². The zero-order valence-electron chi connectivity index (χ0n) is 14.2. The van der Waals surface area contributed by atoms with Gasteiger partial charge in [0.25, 0.3) is 5.91 Å². The molecule has 0 unspecified atom stereocenters. The summed E-state index contributed by atoms with van der Waals surface area (Å²) < 4.78 is 15.8. The van der Waals surface area contributed by atoms with Crippen molar-refractivity contribution in [2.75, 3.05) is 25.3 Å². The van der Waals surface area contributed by atoms with E-state index in [9.17, 15) is 9.90 Å². The van der Waals surface area contributed by atoms with E-state index < -0.39 is 0 Å². The number of hydrogen-bond donors (Lipinski definition) is 3. The van der Waals surface area contributed by atoms with E-state index in [1.807, 2.05) is 6.92 Å². The molecule has 2 aromatic rings. The average Bonchev–Trinajstić information content (AvgIpc) is 3.10. The monoisotopic (exact) mass is 357 g/mol. The molecule has 0 bridgehead atoms. The first-order valence-electron chi connectivity index (χ1n) is 8.07. The molecule has 26 heavy (non-hydrogen) atoms. The van der Waals surface area contributed by atoms with E-state index in [4.69, 9.17) is 14.2 Å². The number of anilines is 1. The first kappa shape index (κ1) is 17.4. The van der Waals surface area contributed by atoms with Crippen LogP contribution in [0.15, 0.2) is 41.5 Å². The highest BCUT2D eigenvalue weighted by Crippen LogP contribution is 2.34. The molecule has 0 aliphatic carbocycles. The summed E-state index contributed by atoms with van der Waals surface area (Å²) in [5.41, 5.74) is 3.86. The normalized spacial score (nSPS) is 12.2. The van der Waals surface area contributed by atoms with Gasteiger partial charge < -0.3 is 24.6 Å². The molecule has 136 valence electrons. The number of carbonyl (C=O) groups excluding carboxylic acids is 1. The second kappa shape index (κ2) is 8.11. The van der Waals surface area contributed by atoms with Crippen LogP contribution in [0.25, 0.3) is 0 Å². The zero-order chi connectivity index (χ0) is 18.4. The Balaban J connectivity index is 1.49. The molecule has 1 aliphatic heterocycles. The maximum absolute atomic E-state index is 11.9. The van der Waals surface area contributed by atoms with Crippen molar-refractivity contribution in [1.82, 2.24) is 5.43 Å². The number of carbonyl (C=O) groups is 1. The highest BCUT2D eigenvalue weighted by Gasteiger charge is 2.13. The molecular formula is C18H19N3O5. The second-order valence-corrected chi connectivity index (χ2v) is 5.37. The Morgan fingerprint density at radius 2 is 2.12 bits per heavy atom. The van der Waals surface area contributed by atoms with Crippen LogP contribution in [0, 0.1) is 0 Å². The molecule has 3 N–H and O–H groups in total. The molecule has 0 fully saturated rings. The lowest BCUT2D eigenvalue weighted by molar-refractivity contribution is -0.119. The molecule has 2 aromatic carbocycles. The van der Waals surface area contributed by atoms with Gasteiger partial charge in [-0.15, -0.1) is 0 Å². The van der Waals surface area contributed by atoms with Gasteiger partial charge in [-0.05, 0) is 42.8 Å². The smallest absolute Gasteiger partial charge is 0.259 e. The van der Waals surface area contributed by atoms with Crippen LogP contribution in [-0.2, 0) is 4.79 Å². The molecule has 0 spiro atoms. The number of hydrazone groups is 1. The van der Waals surface area contributed by atoms with Gasteiger partial charge in [0.15, 0.2) is 23.0 Å². The Morgan fingerprint density at radius 3 is 2.96 bits per heavy atom. The maximum atomic E-state index is 11.9. The van der Waals surface area contributed by atoms with E-state index >= 15 is 0 Å². The lowest BCUT2D eigenvalue weighted by Gasteiger charge is -2.07. The number of nitrogens with zero attached hydrogens (tertiary/aromatic N) is 1. The predicted octanol–water partition coefficient (Wildman–Crippen LogP) is 2.08. The number of hydrogen-bond acceptors (Lipinski definition) is 7. The van der Waals surface area contributed by atoms with E-state index in [-0.39, 0.29) is 25.0 Å². The number of ether oxygens (including phenoxy) is 3. The van der Waals surface area contributed by atoms with E-state index in [2.05, 4.69) is 15.8 Å². The van der Waals surface area contributed by atoms with Gasteiger partial charge in [-0.3, -0.25) is 4.79 Å². The Morgan fingerprint density at radius 1 is 1.27 bits per heavy atom. The number of phenolic OH excluding ortho intramolecular Hbond substituents is 1. The van der Waals surface area contributed by atoms with Gasteiger partial charge in [0.05, 0.1) is 19.4 Å². The van der Waals surface area contributed by atoms with Gasteiger partial charge in [-0.2, -0.15) is 5.10 Å².